The van der Waals surface area contributed by atoms with Gasteiger partial charge in [0.25, 0.3) is 0 Å². The molecule has 0 radical (unpaired) electrons. The molecule has 1 aliphatic heterocycles. The van der Waals surface area contributed by atoms with E-state index < -0.39 is 6.10 Å². The average molecular weight is 307 g/mol. The average Bonchev–Trinajstić information content (AvgIpc) is 2.46. The first-order valence-electron chi connectivity index (χ1n) is 8.09. The molecule has 2 rings (SSSR count). The van der Waals surface area contributed by atoms with E-state index in [1.54, 1.807) is 0 Å². The van der Waals surface area contributed by atoms with Crippen molar-refractivity contribution >= 4 is 0 Å². The van der Waals surface area contributed by atoms with Gasteiger partial charge in [0.2, 0.25) is 0 Å². The van der Waals surface area contributed by atoms with Gasteiger partial charge in [-0.1, -0.05) is 39.0 Å². The summed E-state index contributed by atoms with van der Waals surface area (Å²) < 4.78 is 11.3. The van der Waals surface area contributed by atoms with Crippen LogP contribution < -0.4 is 4.74 Å². The molecule has 0 aliphatic carbocycles. The van der Waals surface area contributed by atoms with Gasteiger partial charge < -0.3 is 14.6 Å². The van der Waals surface area contributed by atoms with Gasteiger partial charge in [-0.2, -0.15) is 0 Å². The molecule has 1 unspecified atom stereocenters. The lowest BCUT2D eigenvalue weighted by molar-refractivity contribution is 0.00444. The third-order valence-corrected chi connectivity index (χ3v) is 4.01. The van der Waals surface area contributed by atoms with E-state index in [4.69, 9.17) is 9.47 Å². The van der Waals surface area contributed by atoms with Crippen LogP contribution in [0, 0.1) is 6.92 Å². The van der Waals surface area contributed by atoms with Gasteiger partial charge in [-0.3, -0.25) is 4.90 Å². The number of hydrogen-bond acceptors (Lipinski definition) is 4. The number of hydrogen-bond donors (Lipinski definition) is 1. The fourth-order valence-corrected chi connectivity index (χ4v) is 2.75. The molecule has 1 atom stereocenters. The van der Waals surface area contributed by atoms with E-state index in [1.807, 2.05) is 0 Å². The number of β-amino-alcohol motifs (C(OH)–C–C–N with tert-alkyl or cyclic N) is 1. The second kappa shape index (κ2) is 7.44. The lowest BCUT2D eigenvalue weighted by Crippen LogP contribution is -2.42. The Hall–Kier alpha value is -1.10. The van der Waals surface area contributed by atoms with Crippen LogP contribution in [0.5, 0.6) is 5.75 Å². The SMILES string of the molecule is Cc1cccc(C(C)(C)C)c1OCC(O)CN1CCOCC1. The second-order valence-corrected chi connectivity index (χ2v) is 7.08. The molecule has 124 valence electrons. The maximum atomic E-state index is 10.2. The lowest BCUT2D eigenvalue weighted by atomic mass is 9.85. The zero-order chi connectivity index (χ0) is 16.2. The number of morpholine rings is 1. The van der Waals surface area contributed by atoms with E-state index in [-0.39, 0.29) is 5.41 Å². The molecular weight excluding hydrogens is 278 g/mol. The van der Waals surface area contributed by atoms with E-state index in [9.17, 15) is 5.11 Å². The van der Waals surface area contributed by atoms with Crippen molar-refractivity contribution in [1.82, 2.24) is 4.90 Å². The summed E-state index contributed by atoms with van der Waals surface area (Å²) in [5.41, 5.74) is 2.33. The minimum Gasteiger partial charge on any atom is -0.490 e. The Labute approximate surface area is 134 Å². The van der Waals surface area contributed by atoms with Crippen molar-refractivity contribution in [3.63, 3.8) is 0 Å². The maximum absolute atomic E-state index is 10.2. The highest BCUT2D eigenvalue weighted by Crippen LogP contribution is 2.33. The predicted molar refractivity (Wildman–Crippen MR) is 88.6 cm³/mol. The highest BCUT2D eigenvalue weighted by molar-refractivity contribution is 5.44. The number of aliphatic hydroxyl groups is 1. The van der Waals surface area contributed by atoms with Crippen molar-refractivity contribution in [2.45, 2.75) is 39.2 Å². The smallest absolute Gasteiger partial charge is 0.126 e. The summed E-state index contributed by atoms with van der Waals surface area (Å²) in [5, 5.41) is 10.2. The normalized spacial score (nSPS) is 18.2. The molecular formula is C18H29NO3. The molecule has 1 heterocycles. The van der Waals surface area contributed by atoms with E-state index in [1.165, 1.54) is 5.56 Å². The van der Waals surface area contributed by atoms with Gasteiger partial charge in [0.1, 0.15) is 18.5 Å². The van der Waals surface area contributed by atoms with Crippen molar-refractivity contribution in [2.24, 2.45) is 0 Å². The van der Waals surface area contributed by atoms with Gasteiger partial charge in [-0.05, 0) is 23.5 Å². The number of rotatable bonds is 5. The summed E-state index contributed by atoms with van der Waals surface area (Å²) in [6, 6.07) is 6.22. The Kier molecular flexibility index (Phi) is 5.84. The minimum absolute atomic E-state index is 0.0243. The number of aryl methyl sites for hydroxylation is 1. The molecule has 0 saturated carbocycles. The molecule has 0 aromatic heterocycles. The Bertz CT molecular complexity index is 476. The third-order valence-electron chi connectivity index (χ3n) is 4.01. The molecule has 4 nitrogen and oxygen atoms in total. The molecule has 0 amide bonds. The van der Waals surface area contributed by atoms with Gasteiger partial charge in [-0.15, -0.1) is 0 Å². The van der Waals surface area contributed by atoms with E-state index >= 15 is 0 Å². The van der Waals surface area contributed by atoms with Gasteiger partial charge in [0, 0.05) is 19.6 Å². The molecule has 1 fully saturated rings. The van der Waals surface area contributed by atoms with Crippen molar-refractivity contribution in [3.8, 4) is 5.75 Å². The first-order chi connectivity index (χ1) is 10.4. The number of ether oxygens (including phenoxy) is 2. The van der Waals surface area contributed by atoms with Gasteiger partial charge in [-0.25, -0.2) is 0 Å². The molecule has 1 aliphatic rings. The number of aliphatic hydroxyl groups excluding tert-OH is 1. The van der Waals surface area contributed by atoms with Crippen LogP contribution in [-0.2, 0) is 10.2 Å². The van der Waals surface area contributed by atoms with E-state index in [0.717, 1.165) is 37.6 Å². The van der Waals surface area contributed by atoms with E-state index in [2.05, 4.69) is 50.8 Å². The Morgan fingerprint density at radius 3 is 2.59 bits per heavy atom. The fourth-order valence-electron chi connectivity index (χ4n) is 2.75. The lowest BCUT2D eigenvalue weighted by Gasteiger charge is -2.29. The first kappa shape index (κ1) is 17.3. The molecule has 1 saturated heterocycles. The quantitative estimate of drug-likeness (QED) is 0.907. The van der Waals surface area contributed by atoms with Crippen LogP contribution in [0.15, 0.2) is 18.2 Å². The molecule has 0 spiro atoms. The van der Waals surface area contributed by atoms with Crippen molar-refractivity contribution < 1.29 is 14.6 Å². The topological polar surface area (TPSA) is 41.9 Å². The van der Waals surface area contributed by atoms with E-state index in [0.29, 0.717) is 13.2 Å². The van der Waals surface area contributed by atoms with Crippen molar-refractivity contribution in [2.75, 3.05) is 39.5 Å². The zero-order valence-electron chi connectivity index (χ0n) is 14.3. The molecule has 0 bridgehead atoms. The molecule has 1 aromatic rings. The summed E-state index contributed by atoms with van der Waals surface area (Å²) in [7, 11) is 0. The number of para-hydroxylation sites is 1. The highest BCUT2D eigenvalue weighted by atomic mass is 16.5. The zero-order valence-corrected chi connectivity index (χ0v) is 14.3. The Balaban J connectivity index is 1.96. The van der Waals surface area contributed by atoms with Gasteiger partial charge in [0.05, 0.1) is 13.2 Å². The summed E-state index contributed by atoms with van der Waals surface area (Å²) in [6.07, 6.45) is -0.481. The van der Waals surface area contributed by atoms with Crippen LogP contribution in [0.4, 0.5) is 0 Å². The predicted octanol–water partition coefficient (Wildman–Crippen LogP) is 2.36. The van der Waals surface area contributed by atoms with Crippen LogP contribution in [0.2, 0.25) is 0 Å². The van der Waals surface area contributed by atoms with Gasteiger partial charge >= 0.3 is 0 Å². The standard InChI is InChI=1S/C18H29NO3/c1-14-6-5-7-16(18(2,3)4)17(14)22-13-15(20)12-19-8-10-21-11-9-19/h5-7,15,20H,8-13H2,1-4H3. The van der Waals surface area contributed by atoms with Crippen molar-refractivity contribution in [1.29, 1.82) is 0 Å². The van der Waals surface area contributed by atoms with Crippen LogP contribution in [0.3, 0.4) is 0 Å². The number of nitrogens with zero attached hydrogens (tertiary/aromatic N) is 1. The van der Waals surface area contributed by atoms with Crippen LogP contribution >= 0.6 is 0 Å². The van der Waals surface area contributed by atoms with Crippen molar-refractivity contribution in [3.05, 3.63) is 29.3 Å². The Morgan fingerprint density at radius 2 is 1.95 bits per heavy atom. The monoisotopic (exact) mass is 307 g/mol. The fraction of sp³-hybridized carbons (Fsp3) is 0.667. The van der Waals surface area contributed by atoms with Crippen LogP contribution in [0.25, 0.3) is 0 Å². The molecule has 22 heavy (non-hydrogen) atoms. The molecule has 1 aromatic carbocycles. The van der Waals surface area contributed by atoms with Crippen LogP contribution in [0.1, 0.15) is 31.9 Å². The maximum Gasteiger partial charge on any atom is 0.126 e. The summed E-state index contributed by atoms with van der Waals surface area (Å²) in [4.78, 5) is 2.22. The highest BCUT2D eigenvalue weighted by Gasteiger charge is 2.21. The Morgan fingerprint density at radius 1 is 1.27 bits per heavy atom. The van der Waals surface area contributed by atoms with Gasteiger partial charge in [0.15, 0.2) is 0 Å². The summed E-state index contributed by atoms with van der Waals surface area (Å²) in [6.45, 7) is 12.8. The second-order valence-electron chi connectivity index (χ2n) is 7.08. The third kappa shape index (κ3) is 4.70. The summed E-state index contributed by atoms with van der Waals surface area (Å²) >= 11 is 0. The molecule has 4 heteroatoms. The number of benzene rings is 1. The van der Waals surface area contributed by atoms with Crippen LogP contribution in [-0.4, -0.2) is 55.6 Å². The first-order valence-corrected chi connectivity index (χ1v) is 8.09. The minimum atomic E-state index is -0.481. The summed E-state index contributed by atoms with van der Waals surface area (Å²) in [5.74, 6) is 0.913. The largest absolute Gasteiger partial charge is 0.490 e. The molecule has 1 N–H and O–H groups in total.